The van der Waals surface area contributed by atoms with Gasteiger partial charge in [-0.3, -0.25) is 4.79 Å². The van der Waals surface area contributed by atoms with Gasteiger partial charge in [0.2, 0.25) is 5.91 Å². The summed E-state index contributed by atoms with van der Waals surface area (Å²) in [5.74, 6) is 0.532. The second-order valence-electron chi connectivity index (χ2n) is 1.91. The van der Waals surface area contributed by atoms with Crippen LogP contribution in [0, 0.1) is 0 Å². The molecule has 1 atom stereocenters. The Bertz CT molecular complexity index is 108. The number of nitrogens with one attached hydrogen (secondary N) is 2. The minimum absolute atomic E-state index is 0.00292. The van der Waals surface area contributed by atoms with Gasteiger partial charge in [0.05, 0.1) is 6.04 Å². The number of hydrogen-bond donors (Lipinski definition) is 3. The lowest BCUT2D eigenvalue weighted by atomic mass is 10.3. The Hall–Kier alpha value is -0.220. The van der Waals surface area contributed by atoms with Gasteiger partial charge < -0.3 is 10.6 Å². The molecule has 60 valence electrons. The molecular weight excluding hydrogens is 148 g/mol. The molecule has 2 N–H and O–H groups in total. The Morgan fingerprint density at radius 2 is 2.30 bits per heavy atom. The van der Waals surface area contributed by atoms with Crippen molar-refractivity contribution in [2.24, 2.45) is 0 Å². The summed E-state index contributed by atoms with van der Waals surface area (Å²) < 4.78 is 0. The fourth-order valence-corrected chi connectivity index (χ4v) is 0.956. The molecule has 0 radical (unpaired) electrons. The molecule has 10 heavy (non-hydrogen) atoms. The highest BCUT2D eigenvalue weighted by Crippen LogP contribution is 1.86. The molecule has 0 bridgehead atoms. The first-order chi connectivity index (χ1) is 4.76. The Labute approximate surface area is 67.0 Å². The summed E-state index contributed by atoms with van der Waals surface area (Å²) in [6.45, 7) is 2.75. The molecule has 0 aromatic carbocycles. The molecule has 0 saturated carbocycles. The number of carbonyl (C=O) groups is 1. The van der Waals surface area contributed by atoms with E-state index in [0.29, 0.717) is 5.75 Å². The average molecular weight is 162 g/mol. The molecule has 0 spiro atoms. The summed E-state index contributed by atoms with van der Waals surface area (Å²) in [5, 5.41) is 5.54. The monoisotopic (exact) mass is 162 g/mol. The number of thiol groups is 1. The molecule has 0 aliphatic rings. The van der Waals surface area contributed by atoms with Gasteiger partial charge in [-0.15, -0.1) is 0 Å². The predicted octanol–water partition coefficient (Wildman–Crippen LogP) is -0.360. The molecule has 0 aromatic heterocycles. The van der Waals surface area contributed by atoms with Gasteiger partial charge in [0.15, 0.2) is 0 Å². The van der Waals surface area contributed by atoms with Crippen LogP contribution in [0.15, 0.2) is 0 Å². The van der Waals surface area contributed by atoms with Crippen LogP contribution in [-0.4, -0.2) is 31.3 Å². The largest absolute Gasteiger partial charge is 0.358 e. The Morgan fingerprint density at radius 3 is 2.60 bits per heavy atom. The van der Waals surface area contributed by atoms with Gasteiger partial charge >= 0.3 is 0 Å². The molecule has 3 nitrogen and oxygen atoms in total. The molecule has 0 fully saturated rings. The maximum Gasteiger partial charge on any atom is 0.237 e. The molecule has 0 aromatic rings. The molecule has 0 heterocycles. The number of carbonyl (C=O) groups excluding carboxylic acids is 1. The van der Waals surface area contributed by atoms with Crippen LogP contribution in [0.3, 0.4) is 0 Å². The first kappa shape index (κ1) is 9.78. The molecular formula is C6H14N2OS. The third-order valence-corrected chi connectivity index (χ3v) is 1.56. The highest BCUT2D eigenvalue weighted by molar-refractivity contribution is 7.80. The highest BCUT2D eigenvalue weighted by Gasteiger charge is 2.12. The van der Waals surface area contributed by atoms with Gasteiger partial charge in [-0.05, 0) is 6.54 Å². The summed E-state index contributed by atoms with van der Waals surface area (Å²) in [7, 11) is 1.62. The van der Waals surface area contributed by atoms with E-state index in [2.05, 4.69) is 23.3 Å². The highest BCUT2D eigenvalue weighted by atomic mass is 32.1. The minimum Gasteiger partial charge on any atom is -0.358 e. The standard InChI is InChI=1S/C6H14N2OS/c1-3-8-5(4-10)6(9)7-2/h5,8,10H,3-4H2,1-2H3,(H,7,9)/t5-/m1/s1. The quantitative estimate of drug-likeness (QED) is 0.494. The van der Waals surface area contributed by atoms with E-state index >= 15 is 0 Å². The zero-order valence-corrected chi connectivity index (χ0v) is 7.24. The van der Waals surface area contributed by atoms with Crippen molar-refractivity contribution in [3.05, 3.63) is 0 Å². The smallest absolute Gasteiger partial charge is 0.237 e. The molecule has 0 rings (SSSR count). The summed E-state index contributed by atoms with van der Waals surface area (Å²) in [5.41, 5.74) is 0. The first-order valence-electron chi connectivity index (χ1n) is 3.32. The fraction of sp³-hybridized carbons (Fsp3) is 0.833. The van der Waals surface area contributed by atoms with Gasteiger partial charge in [0.25, 0.3) is 0 Å². The minimum atomic E-state index is -0.154. The molecule has 0 aliphatic carbocycles. The van der Waals surface area contributed by atoms with Crippen molar-refractivity contribution in [1.82, 2.24) is 10.6 Å². The van der Waals surface area contributed by atoms with Crippen LogP contribution in [0.4, 0.5) is 0 Å². The number of rotatable bonds is 4. The van der Waals surface area contributed by atoms with Gasteiger partial charge in [0, 0.05) is 12.8 Å². The SMILES string of the molecule is CCN[C@H](CS)C(=O)NC. The predicted molar refractivity (Wildman–Crippen MR) is 45.4 cm³/mol. The first-order valence-corrected chi connectivity index (χ1v) is 3.95. The lowest BCUT2D eigenvalue weighted by molar-refractivity contribution is -0.122. The van der Waals surface area contributed by atoms with Crippen molar-refractivity contribution in [3.8, 4) is 0 Å². The van der Waals surface area contributed by atoms with Gasteiger partial charge in [-0.25, -0.2) is 0 Å². The van der Waals surface area contributed by atoms with E-state index in [-0.39, 0.29) is 11.9 Å². The van der Waals surface area contributed by atoms with Gasteiger partial charge in [0.1, 0.15) is 0 Å². The maximum atomic E-state index is 10.9. The molecule has 0 saturated heterocycles. The summed E-state index contributed by atoms with van der Waals surface area (Å²) in [6.07, 6.45) is 0. The van der Waals surface area contributed by atoms with E-state index in [4.69, 9.17) is 0 Å². The van der Waals surface area contributed by atoms with E-state index in [1.54, 1.807) is 7.05 Å². The van der Waals surface area contributed by atoms with E-state index in [1.807, 2.05) is 6.92 Å². The Balaban J connectivity index is 3.68. The fourth-order valence-electron chi connectivity index (χ4n) is 0.661. The van der Waals surface area contributed by atoms with Crippen LogP contribution in [0.2, 0.25) is 0 Å². The topological polar surface area (TPSA) is 41.1 Å². The molecule has 0 aliphatic heterocycles. The third-order valence-electron chi connectivity index (χ3n) is 1.20. The lowest BCUT2D eigenvalue weighted by Gasteiger charge is -2.12. The van der Waals surface area contributed by atoms with Gasteiger partial charge in [-0.1, -0.05) is 6.92 Å². The summed E-state index contributed by atoms with van der Waals surface area (Å²) in [6, 6.07) is -0.154. The third kappa shape index (κ3) is 3.08. The van der Waals surface area contributed by atoms with Crippen LogP contribution in [-0.2, 0) is 4.79 Å². The van der Waals surface area contributed by atoms with Crippen molar-refractivity contribution in [3.63, 3.8) is 0 Å². The summed E-state index contributed by atoms with van der Waals surface area (Å²) >= 11 is 4.02. The molecule has 0 unspecified atom stereocenters. The molecule has 4 heteroatoms. The van der Waals surface area contributed by atoms with E-state index in [0.717, 1.165) is 6.54 Å². The second kappa shape index (κ2) is 5.56. The van der Waals surface area contributed by atoms with Crippen molar-refractivity contribution in [2.75, 3.05) is 19.3 Å². The maximum absolute atomic E-state index is 10.9. The lowest BCUT2D eigenvalue weighted by Crippen LogP contribution is -2.44. The zero-order chi connectivity index (χ0) is 7.98. The van der Waals surface area contributed by atoms with Crippen LogP contribution in [0.5, 0.6) is 0 Å². The van der Waals surface area contributed by atoms with E-state index in [1.165, 1.54) is 0 Å². The molecule has 1 amide bonds. The second-order valence-corrected chi connectivity index (χ2v) is 2.27. The van der Waals surface area contributed by atoms with Gasteiger partial charge in [-0.2, -0.15) is 12.6 Å². The van der Waals surface area contributed by atoms with Crippen molar-refractivity contribution >= 4 is 18.5 Å². The zero-order valence-electron chi connectivity index (χ0n) is 6.35. The number of hydrogen-bond acceptors (Lipinski definition) is 3. The number of likely N-dealkylation sites (N-methyl/N-ethyl adjacent to an activating group) is 2. The van der Waals surface area contributed by atoms with Crippen molar-refractivity contribution < 1.29 is 4.79 Å². The van der Waals surface area contributed by atoms with Crippen molar-refractivity contribution in [1.29, 1.82) is 0 Å². The van der Waals surface area contributed by atoms with Crippen LogP contribution < -0.4 is 10.6 Å². The van der Waals surface area contributed by atoms with Crippen molar-refractivity contribution in [2.45, 2.75) is 13.0 Å². The van der Waals surface area contributed by atoms with E-state index < -0.39 is 0 Å². The van der Waals surface area contributed by atoms with E-state index in [9.17, 15) is 4.79 Å². The Morgan fingerprint density at radius 1 is 1.70 bits per heavy atom. The Kier molecular flexibility index (Phi) is 5.43. The summed E-state index contributed by atoms with van der Waals surface area (Å²) in [4.78, 5) is 10.9. The normalized spacial score (nSPS) is 12.7. The average Bonchev–Trinajstić information content (AvgIpc) is 1.99. The van der Waals surface area contributed by atoms with Crippen LogP contribution in [0.25, 0.3) is 0 Å². The van der Waals surface area contributed by atoms with Crippen LogP contribution in [0.1, 0.15) is 6.92 Å². The number of amides is 1. The van der Waals surface area contributed by atoms with Crippen LogP contribution >= 0.6 is 12.6 Å².